The predicted molar refractivity (Wildman–Crippen MR) is 131 cm³/mol. The van der Waals surface area contributed by atoms with Crippen LogP contribution in [-0.2, 0) is 32.0 Å². The van der Waals surface area contributed by atoms with Crippen LogP contribution in [-0.4, -0.2) is 15.5 Å². The number of benzene rings is 3. The molecule has 0 spiro atoms. The maximum Gasteiger partial charge on any atom is 0.418 e. The van der Waals surface area contributed by atoms with Gasteiger partial charge in [-0.15, -0.1) is 0 Å². The normalized spacial score (nSPS) is 11.8. The SMILES string of the molecule is O=C(Nc1ccccc1C(F)(F)F)N(Cc1ccccc1)Cc1cccn1Cc1cccc(C(F)(F)F)c1. The maximum atomic E-state index is 13.5. The largest absolute Gasteiger partial charge is 0.418 e. The number of carbonyl (C=O) groups excluding carboxylic acids is 1. The lowest BCUT2D eigenvalue weighted by molar-refractivity contribution is -0.138. The number of amides is 2. The molecule has 0 aliphatic heterocycles. The zero-order chi connectivity index (χ0) is 27.3. The predicted octanol–water partition coefficient (Wildman–Crippen LogP) is 7.81. The Hall–Kier alpha value is -4.21. The standard InChI is InChI=1S/C28H23F6N3O/c29-27(30,31)22-11-6-10-21(16-22)18-36-15-7-12-23(36)19-37(17-20-8-2-1-3-9-20)26(38)35-25-14-5-4-13-24(25)28(32,33)34/h1-16H,17-19H2,(H,35,38). The van der Waals surface area contributed by atoms with Gasteiger partial charge >= 0.3 is 18.4 Å². The van der Waals surface area contributed by atoms with Gasteiger partial charge in [0.15, 0.2) is 0 Å². The fourth-order valence-electron chi connectivity index (χ4n) is 4.02. The van der Waals surface area contributed by atoms with Crippen LogP contribution in [0.15, 0.2) is 97.2 Å². The molecular weight excluding hydrogens is 508 g/mol. The first-order valence-electron chi connectivity index (χ1n) is 11.6. The fourth-order valence-corrected chi connectivity index (χ4v) is 4.02. The monoisotopic (exact) mass is 531 g/mol. The summed E-state index contributed by atoms with van der Waals surface area (Å²) in [5.74, 6) is 0. The highest BCUT2D eigenvalue weighted by molar-refractivity contribution is 5.90. The van der Waals surface area contributed by atoms with Gasteiger partial charge in [-0.1, -0.05) is 54.6 Å². The molecule has 0 radical (unpaired) electrons. The summed E-state index contributed by atoms with van der Waals surface area (Å²) < 4.78 is 81.6. The summed E-state index contributed by atoms with van der Waals surface area (Å²) in [6.45, 7) is 0.209. The number of hydrogen-bond acceptors (Lipinski definition) is 1. The first-order chi connectivity index (χ1) is 18.0. The number of nitrogens with zero attached hydrogens (tertiary/aromatic N) is 2. The Morgan fingerprint density at radius 2 is 1.42 bits per heavy atom. The van der Waals surface area contributed by atoms with E-state index in [0.29, 0.717) is 11.3 Å². The fraction of sp³-hybridized carbons (Fsp3) is 0.179. The molecule has 3 aromatic carbocycles. The lowest BCUT2D eigenvalue weighted by atomic mass is 10.1. The van der Waals surface area contributed by atoms with E-state index < -0.39 is 29.5 Å². The molecule has 1 aromatic heterocycles. The van der Waals surface area contributed by atoms with Crippen LogP contribution in [0.4, 0.5) is 36.8 Å². The third-order valence-corrected chi connectivity index (χ3v) is 5.86. The van der Waals surface area contributed by atoms with Crippen molar-refractivity contribution >= 4 is 11.7 Å². The number of anilines is 1. The number of nitrogens with one attached hydrogen (secondary N) is 1. The molecule has 4 nitrogen and oxygen atoms in total. The van der Waals surface area contributed by atoms with E-state index in [2.05, 4.69) is 5.32 Å². The Labute approximate surface area is 215 Å². The van der Waals surface area contributed by atoms with Crippen molar-refractivity contribution in [2.75, 3.05) is 5.32 Å². The lowest BCUT2D eigenvalue weighted by Crippen LogP contribution is -2.35. The van der Waals surface area contributed by atoms with Gasteiger partial charge in [-0.2, -0.15) is 26.3 Å². The van der Waals surface area contributed by atoms with Gasteiger partial charge in [-0.05, 0) is 47.5 Å². The Morgan fingerprint density at radius 3 is 2.13 bits per heavy atom. The Bertz CT molecular complexity index is 1380. The molecule has 10 heteroatoms. The average Bonchev–Trinajstić information content (AvgIpc) is 3.30. The van der Waals surface area contributed by atoms with E-state index >= 15 is 0 Å². The van der Waals surface area contributed by atoms with Gasteiger partial charge in [-0.3, -0.25) is 0 Å². The molecule has 4 rings (SSSR count). The van der Waals surface area contributed by atoms with Crippen LogP contribution in [0.1, 0.15) is 27.9 Å². The number of rotatable bonds is 7. The molecular formula is C28H23F6N3O. The molecule has 1 N–H and O–H groups in total. The minimum atomic E-state index is -4.66. The number of para-hydroxylation sites is 1. The molecule has 0 aliphatic rings. The molecule has 4 aromatic rings. The molecule has 0 unspecified atom stereocenters. The minimum Gasteiger partial charge on any atom is -0.345 e. The van der Waals surface area contributed by atoms with Crippen LogP contribution >= 0.6 is 0 Å². The average molecular weight is 532 g/mol. The Morgan fingerprint density at radius 1 is 0.737 bits per heavy atom. The van der Waals surface area contributed by atoms with Crippen LogP contribution in [0.25, 0.3) is 0 Å². The molecule has 0 saturated heterocycles. The molecule has 0 aliphatic carbocycles. The number of hydrogen-bond donors (Lipinski definition) is 1. The van der Waals surface area contributed by atoms with Crippen LogP contribution in [0, 0.1) is 0 Å². The van der Waals surface area contributed by atoms with Gasteiger partial charge < -0.3 is 14.8 Å². The quantitative estimate of drug-likeness (QED) is 0.243. The summed E-state index contributed by atoms with van der Waals surface area (Å²) in [6, 6.07) is 21.2. The van der Waals surface area contributed by atoms with Crippen molar-refractivity contribution in [2.45, 2.75) is 32.0 Å². The van der Waals surface area contributed by atoms with Crippen LogP contribution in [0.2, 0.25) is 0 Å². The number of alkyl halides is 6. The van der Waals surface area contributed by atoms with Crippen molar-refractivity contribution in [1.29, 1.82) is 0 Å². The molecule has 2 amide bonds. The van der Waals surface area contributed by atoms with E-state index in [-0.39, 0.29) is 25.3 Å². The molecule has 38 heavy (non-hydrogen) atoms. The Balaban J connectivity index is 1.59. The van der Waals surface area contributed by atoms with Crippen molar-refractivity contribution in [3.63, 3.8) is 0 Å². The van der Waals surface area contributed by atoms with Crippen molar-refractivity contribution in [3.05, 3.63) is 125 Å². The van der Waals surface area contributed by atoms with E-state index in [4.69, 9.17) is 0 Å². The van der Waals surface area contributed by atoms with Crippen LogP contribution in [0.3, 0.4) is 0 Å². The van der Waals surface area contributed by atoms with Gasteiger partial charge in [0.2, 0.25) is 0 Å². The second-order valence-corrected chi connectivity index (χ2v) is 8.64. The van der Waals surface area contributed by atoms with E-state index in [0.717, 1.165) is 23.8 Å². The molecule has 0 saturated carbocycles. The highest BCUT2D eigenvalue weighted by Gasteiger charge is 2.34. The first kappa shape index (κ1) is 26.8. The zero-order valence-corrected chi connectivity index (χ0v) is 19.9. The number of aromatic nitrogens is 1. The third-order valence-electron chi connectivity index (χ3n) is 5.86. The van der Waals surface area contributed by atoms with E-state index in [1.54, 1.807) is 59.3 Å². The van der Waals surface area contributed by atoms with E-state index in [9.17, 15) is 31.1 Å². The molecule has 0 bridgehead atoms. The topological polar surface area (TPSA) is 37.3 Å². The van der Waals surface area contributed by atoms with E-state index in [1.165, 1.54) is 29.2 Å². The summed E-state index contributed by atoms with van der Waals surface area (Å²) >= 11 is 0. The summed E-state index contributed by atoms with van der Waals surface area (Å²) in [7, 11) is 0. The van der Waals surface area contributed by atoms with Crippen molar-refractivity contribution in [1.82, 2.24) is 9.47 Å². The second kappa shape index (κ2) is 11.0. The minimum absolute atomic E-state index is 0.000867. The van der Waals surface area contributed by atoms with Gasteiger partial charge in [0.25, 0.3) is 0 Å². The summed E-state index contributed by atoms with van der Waals surface area (Å²) in [5.41, 5.74) is -0.351. The summed E-state index contributed by atoms with van der Waals surface area (Å²) in [4.78, 5) is 14.6. The van der Waals surface area contributed by atoms with Gasteiger partial charge in [0.05, 0.1) is 23.4 Å². The highest BCUT2D eigenvalue weighted by Crippen LogP contribution is 2.35. The van der Waals surface area contributed by atoms with Crippen molar-refractivity contribution < 1.29 is 31.1 Å². The van der Waals surface area contributed by atoms with Gasteiger partial charge in [-0.25, -0.2) is 4.79 Å². The smallest absolute Gasteiger partial charge is 0.345 e. The number of halogens is 6. The molecule has 1 heterocycles. The van der Waals surface area contributed by atoms with Crippen LogP contribution in [0.5, 0.6) is 0 Å². The van der Waals surface area contributed by atoms with Crippen molar-refractivity contribution in [3.8, 4) is 0 Å². The summed E-state index contributed by atoms with van der Waals surface area (Å²) in [6.07, 6.45) is -7.46. The lowest BCUT2D eigenvalue weighted by Gasteiger charge is -2.25. The molecule has 198 valence electrons. The number of urea groups is 1. The van der Waals surface area contributed by atoms with Crippen molar-refractivity contribution in [2.24, 2.45) is 0 Å². The maximum absolute atomic E-state index is 13.5. The van der Waals surface area contributed by atoms with Crippen LogP contribution < -0.4 is 5.32 Å². The first-order valence-corrected chi connectivity index (χ1v) is 11.6. The van der Waals surface area contributed by atoms with Gasteiger partial charge in [0, 0.05) is 25.0 Å². The highest BCUT2D eigenvalue weighted by atomic mass is 19.4. The second-order valence-electron chi connectivity index (χ2n) is 8.64. The zero-order valence-electron chi connectivity index (χ0n) is 19.9. The van der Waals surface area contributed by atoms with E-state index in [1.807, 2.05) is 0 Å². The summed E-state index contributed by atoms with van der Waals surface area (Å²) in [5, 5.41) is 2.38. The molecule has 0 atom stereocenters. The van der Waals surface area contributed by atoms with Gasteiger partial charge in [0.1, 0.15) is 0 Å². The number of carbonyl (C=O) groups is 1. The third kappa shape index (κ3) is 6.76. The molecule has 0 fully saturated rings. The Kier molecular flexibility index (Phi) is 7.80.